The maximum absolute atomic E-state index is 8.35. The number of rotatable bonds is 2. The summed E-state index contributed by atoms with van der Waals surface area (Å²) in [5, 5.41) is 4.72. The summed E-state index contributed by atoms with van der Waals surface area (Å²) in [6.45, 7) is 5.15. The zero-order valence-electron chi connectivity index (χ0n) is 8.81. The quantitative estimate of drug-likeness (QED) is 0.401. The van der Waals surface area contributed by atoms with E-state index in [1.54, 1.807) is 0 Å². The molecule has 1 heterocycles. The molecule has 2 rings (SSSR count). The van der Waals surface area contributed by atoms with Gasteiger partial charge in [-0.05, 0) is 37.6 Å². The number of aryl methyl sites for hydroxylation is 2. The molecular formula is C11H12N4. The fourth-order valence-electron chi connectivity index (χ4n) is 1.93. The van der Waals surface area contributed by atoms with Gasteiger partial charge < -0.3 is 4.57 Å². The average Bonchev–Trinajstić information content (AvgIpc) is 2.53. The Morgan fingerprint density at radius 1 is 1.40 bits per heavy atom. The van der Waals surface area contributed by atoms with Crippen LogP contribution in [0.25, 0.3) is 21.3 Å². The molecule has 4 nitrogen and oxygen atoms in total. The fraction of sp³-hybridized carbons (Fsp3) is 0.273. The lowest BCUT2D eigenvalue weighted by Crippen LogP contribution is -1.94. The molecule has 0 fully saturated rings. The summed E-state index contributed by atoms with van der Waals surface area (Å²) in [5.41, 5.74) is 11.4. The number of aromatic nitrogens is 1. The van der Waals surface area contributed by atoms with Gasteiger partial charge in [-0.25, -0.2) is 0 Å². The van der Waals surface area contributed by atoms with Gasteiger partial charge in [-0.15, -0.1) is 0 Å². The molecule has 76 valence electrons. The number of hydrogen-bond donors (Lipinski definition) is 0. The van der Waals surface area contributed by atoms with Crippen molar-refractivity contribution in [2.75, 3.05) is 0 Å². The predicted octanol–water partition coefficient (Wildman–Crippen LogP) is 3.91. The lowest BCUT2D eigenvalue weighted by Gasteiger charge is -2.03. The highest BCUT2D eigenvalue weighted by Gasteiger charge is 2.03. The molecule has 0 saturated carbocycles. The second-order valence-corrected chi connectivity index (χ2v) is 3.46. The van der Waals surface area contributed by atoms with Crippen LogP contribution in [0.1, 0.15) is 12.6 Å². The minimum Gasteiger partial charge on any atom is -0.345 e. The molecule has 0 amide bonds. The van der Waals surface area contributed by atoms with Crippen LogP contribution in [0.15, 0.2) is 29.4 Å². The van der Waals surface area contributed by atoms with Crippen LogP contribution in [0.3, 0.4) is 0 Å². The summed E-state index contributed by atoms with van der Waals surface area (Å²) >= 11 is 0. The molecule has 0 aliphatic carbocycles. The molecule has 0 aliphatic rings. The van der Waals surface area contributed by atoms with Crippen LogP contribution < -0.4 is 0 Å². The summed E-state index contributed by atoms with van der Waals surface area (Å²) in [6.07, 6.45) is 0. The van der Waals surface area contributed by atoms with Crippen molar-refractivity contribution in [1.29, 1.82) is 0 Å². The second kappa shape index (κ2) is 3.67. The largest absolute Gasteiger partial charge is 0.345 e. The van der Waals surface area contributed by atoms with E-state index < -0.39 is 0 Å². The highest BCUT2D eigenvalue weighted by Crippen LogP contribution is 2.24. The predicted molar refractivity (Wildman–Crippen MR) is 61.2 cm³/mol. The minimum absolute atomic E-state index is 0.665. The van der Waals surface area contributed by atoms with E-state index in [0.717, 1.165) is 11.9 Å². The van der Waals surface area contributed by atoms with Crippen LogP contribution in [0.2, 0.25) is 0 Å². The number of benzene rings is 1. The monoisotopic (exact) mass is 200 g/mol. The lowest BCUT2D eigenvalue weighted by molar-refractivity contribution is 0.770. The van der Waals surface area contributed by atoms with Gasteiger partial charge in [0.05, 0.1) is 0 Å². The van der Waals surface area contributed by atoms with E-state index in [1.807, 2.05) is 18.2 Å². The molecule has 0 atom stereocenters. The molecule has 0 bridgehead atoms. The molecule has 1 aromatic heterocycles. The van der Waals surface area contributed by atoms with Gasteiger partial charge in [-0.1, -0.05) is 11.2 Å². The third kappa shape index (κ3) is 1.55. The highest BCUT2D eigenvalue weighted by atomic mass is 15.1. The Hall–Kier alpha value is -1.93. The Bertz CT molecular complexity index is 547. The molecular weight excluding hydrogens is 188 g/mol. The summed E-state index contributed by atoms with van der Waals surface area (Å²) < 4.78 is 2.23. The van der Waals surface area contributed by atoms with E-state index in [9.17, 15) is 0 Å². The smallest absolute Gasteiger partial charge is 0.0482 e. The van der Waals surface area contributed by atoms with Crippen molar-refractivity contribution in [2.45, 2.75) is 20.4 Å². The van der Waals surface area contributed by atoms with Gasteiger partial charge in [-0.2, -0.15) is 0 Å². The minimum atomic E-state index is 0.665. The first kappa shape index (κ1) is 9.62. The fourth-order valence-corrected chi connectivity index (χ4v) is 1.93. The molecule has 4 heteroatoms. The topological polar surface area (TPSA) is 53.7 Å². The Balaban J connectivity index is 2.69. The van der Waals surface area contributed by atoms with Gasteiger partial charge in [0.25, 0.3) is 0 Å². The highest BCUT2D eigenvalue weighted by molar-refractivity contribution is 5.84. The normalized spacial score (nSPS) is 10.3. The Kier molecular flexibility index (Phi) is 2.35. The van der Waals surface area contributed by atoms with E-state index in [4.69, 9.17) is 5.53 Å². The van der Waals surface area contributed by atoms with Gasteiger partial charge in [0.1, 0.15) is 0 Å². The molecule has 2 aromatic rings. The first-order chi connectivity index (χ1) is 7.26. The van der Waals surface area contributed by atoms with E-state index in [2.05, 4.69) is 34.5 Å². The van der Waals surface area contributed by atoms with Gasteiger partial charge in [0, 0.05) is 33.7 Å². The molecule has 0 unspecified atom stereocenters. The Morgan fingerprint density at radius 2 is 2.20 bits per heavy atom. The van der Waals surface area contributed by atoms with Crippen molar-refractivity contribution >= 4 is 16.6 Å². The van der Waals surface area contributed by atoms with Crippen molar-refractivity contribution < 1.29 is 0 Å². The van der Waals surface area contributed by atoms with Gasteiger partial charge >= 0.3 is 0 Å². The van der Waals surface area contributed by atoms with Crippen LogP contribution in [-0.4, -0.2) is 4.57 Å². The third-order valence-corrected chi connectivity index (χ3v) is 2.57. The molecule has 0 spiro atoms. The van der Waals surface area contributed by atoms with E-state index in [-0.39, 0.29) is 0 Å². The van der Waals surface area contributed by atoms with Gasteiger partial charge in [-0.3, -0.25) is 0 Å². The van der Waals surface area contributed by atoms with Crippen molar-refractivity contribution in [3.05, 3.63) is 40.4 Å². The van der Waals surface area contributed by atoms with Crippen molar-refractivity contribution in [3.8, 4) is 0 Å². The second-order valence-electron chi connectivity index (χ2n) is 3.46. The molecule has 1 aromatic carbocycles. The summed E-state index contributed by atoms with van der Waals surface area (Å²) in [5.74, 6) is 0. The van der Waals surface area contributed by atoms with Crippen molar-refractivity contribution in [1.82, 2.24) is 4.57 Å². The molecule has 15 heavy (non-hydrogen) atoms. The average molecular weight is 200 g/mol. The third-order valence-electron chi connectivity index (χ3n) is 2.57. The summed E-state index contributed by atoms with van der Waals surface area (Å²) in [4.78, 5) is 2.78. The van der Waals surface area contributed by atoms with Crippen molar-refractivity contribution in [2.24, 2.45) is 5.11 Å². The standard InChI is InChI=1S/C11H12N4/c1-3-15-8(2)6-9-7-10(13-14-12)4-5-11(9)15/h4-7H,3H2,1-2H3. The molecule has 0 aliphatic heterocycles. The molecule has 0 N–H and O–H groups in total. The van der Waals surface area contributed by atoms with Crippen molar-refractivity contribution in [3.63, 3.8) is 0 Å². The maximum Gasteiger partial charge on any atom is 0.0482 e. The first-order valence-electron chi connectivity index (χ1n) is 4.91. The Morgan fingerprint density at radius 3 is 2.87 bits per heavy atom. The lowest BCUT2D eigenvalue weighted by atomic mass is 10.2. The van der Waals surface area contributed by atoms with E-state index in [0.29, 0.717) is 5.69 Å². The maximum atomic E-state index is 8.35. The number of fused-ring (bicyclic) bond motifs is 1. The zero-order chi connectivity index (χ0) is 10.8. The Labute approximate surface area is 87.8 Å². The summed E-state index contributed by atoms with van der Waals surface area (Å²) in [6, 6.07) is 7.85. The van der Waals surface area contributed by atoms with Gasteiger partial charge in [0.2, 0.25) is 0 Å². The summed E-state index contributed by atoms with van der Waals surface area (Å²) in [7, 11) is 0. The SMILES string of the molecule is CCn1c(C)cc2cc(N=[N+]=[N-])ccc21. The van der Waals surface area contributed by atoms with Gasteiger partial charge in [0.15, 0.2) is 0 Å². The van der Waals surface area contributed by atoms with Crippen LogP contribution >= 0.6 is 0 Å². The van der Waals surface area contributed by atoms with E-state index in [1.165, 1.54) is 11.2 Å². The van der Waals surface area contributed by atoms with Crippen LogP contribution in [0.5, 0.6) is 0 Å². The van der Waals surface area contributed by atoms with Crippen LogP contribution in [-0.2, 0) is 6.54 Å². The van der Waals surface area contributed by atoms with Crippen LogP contribution in [0.4, 0.5) is 5.69 Å². The number of nitrogens with zero attached hydrogens (tertiary/aromatic N) is 4. The molecule has 0 radical (unpaired) electrons. The van der Waals surface area contributed by atoms with Crippen LogP contribution in [0, 0.1) is 6.92 Å². The first-order valence-corrected chi connectivity index (χ1v) is 4.91. The number of hydrogen-bond acceptors (Lipinski definition) is 1. The molecule has 0 saturated heterocycles. The van der Waals surface area contributed by atoms with E-state index >= 15 is 0 Å². The number of azide groups is 1. The zero-order valence-corrected chi connectivity index (χ0v) is 8.81.